The van der Waals surface area contributed by atoms with Gasteiger partial charge in [0.05, 0.1) is 0 Å². The summed E-state index contributed by atoms with van der Waals surface area (Å²) in [5, 5.41) is 0. The molecule has 1 atom stereocenters. The van der Waals surface area contributed by atoms with Crippen molar-refractivity contribution in [2.75, 3.05) is 0 Å². The van der Waals surface area contributed by atoms with Gasteiger partial charge in [0.15, 0.2) is 0 Å². The van der Waals surface area contributed by atoms with Crippen molar-refractivity contribution in [2.24, 2.45) is 4.99 Å². The van der Waals surface area contributed by atoms with Gasteiger partial charge in [0.25, 0.3) is 0 Å². The molecule has 2 aromatic rings. The minimum Gasteiger partial charge on any atom is -0.264 e. The molecule has 1 aliphatic rings. The molecule has 0 spiro atoms. The number of aliphatic imine (C=N–C) groups is 1. The number of hydrogen-bond acceptors (Lipinski definition) is 1. The molecule has 0 fully saturated rings. The Hall–Kier alpha value is -2.10. The van der Waals surface area contributed by atoms with Crippen molar-refractivity contribution >= 4 is 5.71 Å². The van der Waals surface area contributed by atoms with Crippen LogP contribution in [0, 0.1) is 0 Å². The van der Waals surface area contributed by atoms with E-state index in [-0.39, 0.29) is 5.56 Å². The van der Waals surface area contributed by atoms with Crippen LogP contribution in [-0.4, -0.2) is 11.9 Å². The molecule has 0 saturated carbocycles. The van der Waals surface area contributed by atoms with E-state index in [9.17, 15) is 13.2 Å². The third kappa shape index (κ3) is 1.83. The van der Waals surface area contributed by atoms with E-state index in [1.807, 2.05) is 18.2 Å². The highest BCUT2D eigenvalue weighted by atomic mass is 19.4. The Morgan fingerprint density at radius 2 is 1.50 bits per heavy atom. The molecule has 20 heavy (non-hydrogen) atoms. The van der Waals surface area contributed by atoms with Crippen LogP contribution >= 0.6 is 0 Å². The van der Waals surface area contributed by atoms with Crippen LogP contribution in [0.3, 0.4) is 0 Å². The fraction of sp³-hybridized carbons (Fsp3) is 0.188. The first kappa shape index (κ1) is 12.9. The number of halogens is 3. The highest BCUT2D eigenvalue weighted by molar-refractivity contribution is 6.08. The van der Waals surface area contributed by atoms with Crippen LogP contribution in [0.4, 0.5) is 13.2 Å². The smallest absolute Gasteiger partial charge is 0.264 e. The quantitative estimate of drug-likeness (QED) is 0.735. The fourth-order valence-corrected chi connectivity index (χ4v) is 2.66. The molecule has 0 radical (unpaired) electrons. The van der Waals surface area contributed by atoms with Crippen molar-refractivity contribution < 1.29 is 13.2 Å². The summed E-state index contributed by atoms with van der Waals surface area (Å²) in [6, 6.07) is 15.6. The lowest BCUT2D eigenvalue weighted by Gasteiger charge is -2.23. The van der Waals surface area contributed by atoms with Crippen LogP contribution in [0.2, 0.25) is 0 Å². The monoisotopic (exact) mass is 275 g/mol. The van der Waals surface area contributed by atoms with Gasteiger partial charge in [-0.15, -0.1) is 0 Å². The van der Waals surface area contributed by atoms with Crippen molar-refractivity contribution in [3.8, 4) is 0 Å². The standard InChI is InChI=1S/C16H12F3N/c1-15(11-7-3-2-4-8-11)13-10-6-5-9-12(13)14(20-15)16(17,18)19/h2-10H,1H3/t15-/m1/s1. The second-order valence-electron chi connectivity index (χ2n) is 4.94. The molecule has 2 aromatic carbocycles. The number of alkyl halides is 3. The molecule has 0 unspecified atom stereocenters. The fourth-order valence-electron chi connectivity index (χ4n) is 2.66. The van der Waals surface area contributed by atoms with E-state index in [1.54, 1.807) is 37.3 Å². The average molecular weight is 275 g/mol. The average Bonchev–Trinajstić information content (AvgIpc) is 2.75. The first-order valence-corrected chi connectivity index (χ1v) is 6.25. The second-order valence-corrected chi connectivity index (χ2v) is 4.94. The van der Waals surface area contributed by atoms with Crippen molar-refractivity contribution in [1.29, 1.82) is 0 Å². The Morgan fingerprint density at radius 1 is 0.900 bits per heavy atom. The van der Waals surface area contributed by atoms with Crippen LogP contribution in [0.15, 0.2) is 59.6 Å². The summed E-state index contributed by atoms with van der Waals surface area (Å²) in [6.45, 7) is 1.72. The first-order valence-electron chi connectivity index (χ1n) is 6.25. The van der Waals surface area contributed by atoms with Crippen LogP contribution in [0.25, 0.3) is 0 Å². The van der Waals surface area contributed by atoms with Gasteiger partial charge in [0.2, 0.25) is 0 Å². The largest absolute Gasteiger partial charge is 0.433 e. The highest BCUT2D eigenvalue weighted by Gasteiger charge is 2.47. The summed E-state index contributed by atoms with van der Waals surface area (Å²) >= 11 is 0. The molecule has 0 saturated heterocycles. The predicted molar refractivity (Wildman–Crippen MR) is 71.9 cm³/mol. The third-order valence-corrected chi connectivity index (χ3v) is 3.65. The van der Waals surface area contributed by atoms with Crippen LogP contribution in [0.1, 0.15) is 23.6 Å². The number of fused-ring (bicyclic) bond motifs is 1. The minimum absolute atomic E-state index is 0.173. The third-order valence-electron chi connectivity index (χ3n) is 3.65. The van der Waals surface area contributed by atoms with Gasteiger partial charge in [-0.1, -0.05) is 54.6 Å². The molecule has 1 nitrogen and oxygen atoms in total. The predicted octanol–water partition coefficient (Wildman–Crippen LogP) is 4.32. The molecular weight excluding hydrogens is 263 g/mol. The van der Waals surface area contributed by atoms with Crippen molar-refractivity contribution in [2.45, 2.75) is 18.6 Å². The number of hydrogen-bond donors (Lipinski definition) is 0. The van der Waals surface area contributed by atoms with Gasteiger partial charge < -0.3 is 0 Å². The van der Waals surface area contributed by atoms with Gasteiger partial charge in [0.1, 0.15) is 11.3 Å². The highest BCUT2D eigenvalue weighted by Crippen LogP contribution is 2.43. The number of rotatable bonds is 1. The Kier molecular flexibility index (Phi) is 2.71. The summed E-state index contributed by atoms with van der Waals surface area (Å²) in [5.74, 6) is 0. The lowest BCUT2D eigenvalue weighted by Crippen LogP contribution is -2.22. The molecule has 0 aromatic heterocycles. The van der Waals surface area contributed by atoms with Crippen molar-refractivity contribution in [3.05, 3.63) is 71.3 Å². The topological polar surface area (TPSA) is 12.4 Å². The lowest BCUT2D eigenvalue weighted by atomic mass is 9.85. The lowest BCUT2D eigenvalue weighted by molar-refractivity contribution is -0.0581. The van der Waals surface area contributed by atoms with Gasteiger partial charge in [-0.3, -0.25) is 4.99 Å². The molecule has 0 bridgehead atoms. The van der Waals surface area contributed by atoms with Crippen molar-refractivity contribution in [3.63, 3.8) is 0 Å². The summed E-state index contributed by atoms with van der Waals surface area (Å²) in [6.07, 6.45) is -4.44. The molecule has 102 valence electrons. The van der Waals surface area contributed by atoms with Gasteiger partial charge >= 0.3 is 6.18 Å². The van der Waals surface area contributed by atoms with E-state index >= 15 is 0 Å². The van der Waals surface area contributed by atoms with E-state index in [0.717, 1.165) is 5.56 Å². The summed E-state index contributed by atoms with van der Waals surface area (Å²) in [7, 11) is 0. The normalized spacial score (nSPS) is 21.5. The Morgan fingerprint density at radius 3 is 2.15 bits per heavy atom. The Balaban J connectivity index is 2.26. The zero-order valence-corrected chi connectivity index (χ0v) is 10.8. The molecule has 0 aliphatic carbocycles. The molecule has 1 heterocycles. The maximum atomic E-state index is 13.2. The molecule has 0 N–H and O–H groups in total. The molecule has 3 rings (SSSR count). The van der Waals surface area contributed by atoms with E-state index in [0.29, 0.717) is 5.56 Å². The van der Waals surface area contributed by atoms with Crippen LogP contribution in [0.5, 0.6) is 0 Å². The zero-order valence-electron chi connectivity index (χ0n) is 10.8. The van der Waals surface area contributed by atoms with E-state index in [2.05, 4.69) is 4.99 Å². The maximum absolute atomic E-state index is 13.2. The summed E-state index contributed by atoms with van der Waals surface area (Å²) in [5.41, 5.74) is -0.251. The summed E-state index contributed by atoms with van der Waals surface area (Å²) in [4.78, 5) is 4.02. The van der Waals surface area contributed by atoms with Crippen LogP contribution < -0.4 is 0 Å². The minimum atomic E-state index is -4.44. The maximum Gasteiger partial charge on any atom is 0.433 e. The SMILES string of the molecule is C[C@]1(c2ccccc2)N=C(C(F)(F)F)c2ccccc21. The molecule has 4 heteroatoms. The second kappa shape index (κ2) is 4.20. The van der Waals surface area contributed by atoms with E-state index < -0.39 is 17.4 Å². The van der Waals surface area contributed by atoms with Crippen LogP contribution in [-0.2, 0) is 5.54 Å². The molecule has 1 aliphatic heterocycles. The first-order chi connectivity index (χ1) is 9.43. The molecular formula is C16H12F3N. The Bertz CT molecular complexity index is 674. The van der Waals surface area contributed by atoms with Crippen molar-refractivity contribution in [1.82, 2.24) is 0 Å². The number of nitrogens with zero attached hydrogens (tertiary/aromatic N) is 1. The summed E-state index contributed by atoms with van der Waals surface area (Å²) < 4.78 is 39.5. The van der Waals surface area contributed by atoms with Gasteiger partial charge in [-0.25, -0.2) is 0 Å². The van der Waals surface area contributed by atoms with Gasteiger partial charge in [0, 0.05) is 5.56 Å². The van der Waals surface area contributed by atoms with E-state index in [1.165, 1.54) is 6.07 Å². The van der Waals surface area contributed by atoms with E-state index in [4.69, 9.17) is 0 Å². The number of benzene rings is 2. The zero-order chi connectivity index (χ0) is 14.4. The molecule has 0 amide bonds. The van der Waals surface area contributed by atoms with Gasteiger partial charge in [-0.2, -0.15) is 13.2 Å². The Labute approximate surface area is 114 Å². The van der Waals surface area contributed by atoms with Gasteiger partial charge in [-0.05, 0) is 18.1 Å².